The Morgan fingerprint density at radius 2 is 1.88 bits per heavy atom. The number of carbonyl (C=O) groups is 1. The SMILES string of the molecule is Cc1cc(C(=O)N2CCN(Cc3ccc4c(c3)OCO4)CC2)nn1C. The molecular formula is C18H22N4O3. The lowest BCUT2D eigenvalue weighted by molar-refractivity contribution is 0.0622. The number of fused-ring (bicyclic) bond motifs is 1. The van der Waals surface area contributed by atoms with Gasteiger partial charge in [-0.2, -0.15) is 5.10 Å². The minimum atomic E-state index is 0.0198. The van der Waals surface area contributed by atoms with Crippen LogP contribution in [0.4, 0.5) is 0 Å². The fraction of sp³-hybridized carbons (Fsp3) is 0.444. The monoisotopic (exact) mass is 342 g/mol. The summed E-state index contributed by atoms with van der Waals surface area (Å²) in [5.74, 6) is 1.65. The predicted octanol–water partition coefficient (Wildman–Crippen LogP) is 1.42. The summed E-state index contributed by atoms with van der Waals surface area (Å²) in [7, 11) is 1.86. The second-order valence-electron chi connectivity index (χ2n) is 6.55. The summed E-state index contributed by atoms with van der Waals surface area (Å²) >= 11 is 0. The maximum absolute atomic E-state index is 12.6. The Morgan fingerprint density at radius 3 is 2.60 bits per heavy atom. The van der Waals surface area contributed by atoms with Gasteiger partial charge in [0.05, 0.1) is 0 Å². The molecule has 2 aliphatic rings. The molecule has 25 heavy (non-hydrogen) atoms. The van der Waals surface area contributed by atoms with Crippen molar-refractivity contribution in [2.24, 2.45) is 7.05 Å². The Hall–Kier alpha value is -2.54. The highest BCUT2D eigenvalue weighted by Gasteiger charge is 2.24. The highest BCUT2D eigenvalue weighted by Crippen LogP contribution is 2.32. The van der Waals surface area contributed by atoms with Gasteiger partial charge in [-0.3, -0.25) is 14.4 Å². The van der Waals surface area contributed by atoms with E-state index < -0.39 is 0 Å². The van der Waals surface area contributed by atoms with Crippen LogP contribution in [0, 0.1) is 6.92 Å². The molecule has 1 amide bonds. The summed E-state index contributed by atoms with van der Waals surface area (Å²) in [6.45, 7) is 6.25. The van der Waals surface area contributed by atoms with E-state index in [1.165, 1.54) is 5.56 Å². The maximum Gasteiger partial charge on any atom is 0.274 e. The molecule has 0 saturated carbocycles. The lowest BCUT2D eigenvalue weighted by atomic mass is 10.1. The Morgan fingerprint density at radius 1 is 1.12 bits per heavy atom. The van der Waals surface area contributed by atoms with Crippen molar-refractivity contribution in [3.8, 4) is 11.5 Å². The number of rotatable bonds is 3. The van der Waals surface area contributed by atoms with Gasteiger partial charge in [0, 0.05) is 45.5 Å². The Kier molecular flexibility index (Phi) is 4.09. The maximum atomic E-state index is 12.6. The second kappa shape index (κ2) is 6.40. The number of benzene rings is 1. The van der Waals surface area contributed by atoms with Gasteiger partial charge >= 0.3 is 0 Å². The molecule has 0 spiro atoms. The Balaban J connectivity index is 1.34. The van der Waals surface area contributed by atoms with Gasteiger partial charge in [-0.15, -0.1) is 0 Å². The van der Waals surface area contributed by atoms with E-state index in [4.69, 9.17) is 9.47 Å². The van der Waals surface area contributed by atoms with Crippen LogP contribution in [0.25, 0.3) is 0 Å². The van der Waals surface area contributed by atoms with Crippen LogP contribution in [-0.4, -0.2) is 58.5 Å². The zero-order valence-corrected chi connectivity index (χ0v) is 14.6. The summed E-state index contributed by atoms with van der Waals surface area (Å²) in [5, 5.41) is 4.29. The van der Waals surface area contributed by atoms with Gasteiger partial charge in [-0.25, -0.2) is 0 Å². The van der Waals surface area contributed by atoms with Crippen molar-refractivity contribution in [2.75, 3.05) is 33.0 Å². The minimum absolute atomic E-state index is 0.0198. The van der Waals surface area contributed by atoms with Gasteiger partial charge in [0.2, 0.25) is 6.79 Å². The first-order valence-electron chi connectivity index (χ1n) is 8.51. The van der Waals surface area contributed by atoms with E-state index in [1.54, 1.807) is 4.68 Å². The van der Waals surface area contributed by atoms with Crippen LogP contribution in [0.3, 0.4) is 0 Å². The van der Waals surface area contributed by atoms with E-state index in [0.29, 0.717) is 12.5 Å². The predicted molar refractivity (Wildman–Crippen MR) is 91.7 cm³/mol. The third kappa shape index (κ3) is 3.19. The van der Waals surface area contributed by atoms with Crippen molar-refractivity contribution in [3.05, 3.63) is 41.2 Å². The first-order valence-corrected chi connectivity index (χ1v) is 8.51. The number of hydrogen-bond donors (Lipinski definition) is 0. The lowest BCUT2D eigenvalue weighted by Gasteiger charge is -2.34. The number of ether oxygens (including phenoxy) is 2. The van der Waals surface area contributed by atoms with Crippen LogP contribution >= 0.6 is 0 Å². The highest BCUT2D eigenvalue weighted by atomic mass is 16.7. The topological polar surface area (TPSA) is 59.8 Å². The number of aryl methyl sites for hydroxylation is 2. The molecule has 1 saturated heterocycles. The second-order valence-corrected chi connectivity index (χ2v) is 6.55. The number of hydrogen-bond acceptors (Lipinski definition) is 5. The molecule has 0 radical (unpaired) electrons. The van der Waals surface area contributed by atoms with E-state index in [1.807, 2.05) is 37.1 Å². The molecule has 2 aromatic rings. The van der Waals surface area contributed by atoms with Gasteiger partial charge < -0.3 is 14.4 Å². The Labute approximate surface area is 146 Å². The zero-order valence-electron chi connectivity index (χ0n) is 14.6. The molecule has 4 rings (SSSR count). The molecule has 0 aliphatic carbocycles. The van der Waals surface area contributed by atoms with Crippen LogP contribution in [0.15, 0.2) is 24.3 Å². The molecule has 1 aromatic heterocycles. The molecule has 0 bridgehead atoms. The molecule has 1 aromatic carbocycles. The highest BCUT2D eigenvalue weighted by molar-refractivity contribution is 5.92. The molecule has 3 heterocycles. The van der Waals surface area contributed by atoms with Gasteiger partial charge in [-0.1, -0.05) is 6.07 Å². The minimum Gasteiger partial charge on any atom is -0.454 e. The number of aromatic nitrogens is 2. The van der Waals surface area contributed by atoms with Crippen molar-refractivity contribution < 1.29 is 14.3 Å². The van der Waals surface area contributed by atoms with Crippen LogP contribution in [-0.2, 0) is 13.6 Å². The van der Waals surface area contributed by atoms with Crippen molar-refractivity contribution in [1.29, 1.82) is 0 Å². The average Bonchev–Trinajstić information content (AvgIpc) is 3.21. The molecule has 1 fully saturated rings. The number of piperazine rings is 1. The van der Waals surface area contributed by atoms with E-state index >= 15 is 0 Å². The van der Waals surface area contributed by atoms with Gasteiger partial charge in [-0.05, 0) is 30.7 Å². The molecule has 0 unspecified atom stereocenters. The molecule has 2 aliphatic heterocycles. The first kappa shape index (κ1) is 16.0. The molecule has 7 nitrogen and oxygen atoms in total. The summed E-state index contributed by atoms with van der Waals surface area (Å²) in [5.41, 5.74) is 2.72. The number of nitrogens with zero attached hydrogens (tertiary/aromatic N) is 4. The lowest BCUT2D eigenvalue weighted by Crippen LogP contribution is -2.48. The summed E-state index contributed by atoms with van der Waals surface area (Å²) in [4.78, 5) is 16.8. The van der Waals surface area contributed by atoms with Crippen LogP contribution in [0.5, 0.6) is 11.5 Å². The summed E-state index contributed by atoms with van der Waals surface area (Å²) < 4.78 is 12.5. The van der Waals surface area contributed by atoms with Crippen molar-refractivity contribution in [3.63, 3.8) is 0 Å². The third-order valence-electron chi connectivity index (χ3n) is 4.84. The van der Waals surface area contributed by atoms with Crippen LogP contribution in [0.1, 0.15) is 21.7 Å². The summed E-state index contributed by atoms with van der Waals surface area (Å²) in [6, 6.07) is 7.92. The molecule has 132 valence electrons. The van der Waals surface area contributed by atoms with Crippen LogP contribution < -0.4 is 9.47 Å². The normalized spacial score (nSPS) is 17.1. The first-order chi connectivity index (χ1) is 12.1. The molecule has 0 N–H and O–H groups in total. The molecular weight excluding hydrogens is 320 g/mol. The van der Waals surface area contributed by atoms with Crippen LogP contribution in [0.2, 0.25) is 0 Å². The van der Waals surface area contributed by atoms with E-state index in [2.05, 4.69) is 16.1 Å². The number of carbonyl (C=O) groups excluding carboxylic acids is 1. The van der Waals surface area contributed by atoms with Gasteiger partial charge in [0.25, 0.3) is 5.91 Å². The number of amides is 1. The fourth-order valence-corrected chi connectivity index (χ4v) is 3.23. The molecule has 0 atom stereocenters. The summed E-state index contributed by atoms with van der Waals surface area (Å²) in [6.07, 6.45) is 0. The quantitative estimate of drug-likeness (QED) is 0.844. The Bertz CT molecular complexity index is 774. The standard InChI is InChI=1S/C18H22N4O3/c1-13-9-15(19-20(13)2)18(23)22-7-5-21(6-8-22)11-14-3-4-16-17(10-14)25-12-24-16/h3-4,9-10H,5-8,11-12H2,1-2H3. The van der Waals surface area contributed by atoms with Crippen molar-refractivity contribution >= 4 is 5.91 Å². The smallest absolute Gasteiger partial charge is 0.274 e. The van der Waals surface area contributed by atoms with E-state index in [0.717, 1.165) is 49.9 Å². The third-order valence-corrected chi connectivity index (χ3v) is 4.84. The van der Waals surface area contributed by atoms with Crippen molar-refractivity contribution in [2.45, 2.75) is 13.5 Å². The van der Waals surface area contributed by atoms with E-state index in [9.17, 15) is 4.79 Å². The molecule has 7 heteroatoms. The van der Waals surface area contributed by atoms with Gasteiger partial charge in [0.1, 0.15) is 0 Å². The van der Waals surface area contributed by atoms with Crippen molar-refractivity contribution in [1.82, 2.24) is 19.6 Å². The average molecular weight is 342 g/mol. The van der Waals surface area contributed by atoms with Gasteiger partial charge in [0.15, 0.2) is 17.2 Å². The fourth-order valence-electron chi connectivity index (χ4n) is 3.23. The largest absolute Gasteiger partial charge is 0.454 e. The van der Waals surface area contributed by atoms with E-state index in [-0.39, 0.29) is 5.91 Å². The zero-order chi connectivity index (χ0) is 17.4.